The quantitative estimate of drug-likeness (QED) is 0.857. The van der Waals surface area contributed by atoms with Gasteiger partial charge in [-0.25, -0.2) is 4.79 Å². The summed E-state index contributed by atoms with van der Waals surface area (Å²) < 4.78 is 21.3. The van der Waals surface area contributed by atoms with Crippen molar-refractivity contribution < 1.29 is 33.3 Å². The molecule has 0 saturated heterocycles. The van der Waals surface area contributed by atoms with Crippen LogP contribution in [-0.4, -0.2) is 37.3 Å². The Labute approximate surface area is 136 Å². The number of benzene rings is 1. The molecule has 2 N–H and O–H groups in total. The number of aromatic carboxylic acids is 1. The van der Waals surface area contributed by atoms with Gasteiger partial charge >= 0.3 is 5.97 Å². The third kappa shape index (κ3) is 3.12. The van der Waals surface area contributed by atoms with E-state index >= 15 is 0 Å². The predicted molar refractivity (Wildman–Crippen MR) is 80.8 cm³/mol. The first kappa shape index (κ1) is 15.7. The number of carboxylic acid groups (broad SMARTS) is 1. The van der Waals surface area contributed by atoms with Crippen molar-refractivity contribution in [3.63, 3.8) is 0 Å². The average Bonchev–Trinajstić information content (AvgIpc) is 3.08. The number of hydrogen-bond donors (Lipinski definition) is 2. The number of hydrogen-bond acceptors (Lipinski definition) is 6. The van der Waals surface area contributed by atoms with Crippen LogP contribution in [0.15, 0.2) is 28.7 Å². The number of carbonyl (C=O) groups excluding carboxylic acids is 1. The molecule has 8 heteroatoms. The molecule has 2 aromatic rings. The number of methoxy groups -OCH3 is 1. The van der Waals surface area contributed by atoms with Gasteiger partial charge in [0.05, 0.1) is 13.7 Å². The number of furan rings is 1. The molecule has 0 unspecified atom stereocenters. The molecular weight excluding hydrogens is 318 g/mol. The summed E-state index contributed by atoms with van der Waals surface area (Å²) in [4.78, 5) is 23.1. The maximum atomic E-state index is 12.3. The molecule has 0 bridgehead atoms. The standard InChI is InChI=1S/C16H15NO7/c1-21-12-6-9(7-13-14(12)23-5-4-22-13)15(18)17-8-10-2-3-11(24-10)16(19)20/h2-3,6-7H,4-5,8H2,1H3,(H,17,18)(H,19,20). The second-order valence-corrected chi connectivity index (χ2v) is 4.96. The van der Waals surface area contributed by atoms with E-state index in [0.717, 1.165) is 0 Å². The predicted octanol–water partition coefficient (Wildman–Crippen LogP) is 1.69. The first-order valence-electron chi connectivity index (χ1n) is 7.16. The third-order valence-electron chi connectivity index (χ3n) is 3.39. The van der Waals surface area contributed by atoms with Crippen molar-refractivity contribution in [2.75, 3.05) is 20.3 Å². The van der Waals surface area contributed by atoms with Crippen LogP contribution in [0.3, 0.4) is 0 Å². The Kier molecular flexibility index (Phi) is 4.28. The van der Waals surface area contributed by atoms with Crippen LogP contribution in [0, 0.1) is 0 Å². The second-order valence-electron chi connectivity index (χ2n) is 4.96. The summed E-state index contributed by atoms with van der Waals surface area (Å²) in [6, 6.07) is 5.94. The average molecular weight is 333 g/mol. The van der Waals surface area contributed by atoms with Gasteiger partial charge in [0.15, 0.2) is 11.5 Å². The summed E-state index contributed by atoms with van der Waals surface area (Å²) in [6.07, 6.45) is 0. The normalized spacial score (nSPS) is 12.5. The highest BCUT2D eigenvalue weighted by molar-refractivity contribution is 5.95. The van der Waals surface area contributed by atoms with Crippen LogP contribution in [0.2, 0.25) is 0 Å². The van der Waals surface area contributed by atoms with Crippen molar-refractivity contribution in [3.8, 4) is 17.2 Å². The Morgan fingerprint density at radius 3 is 2.75 bits per heavy atom. The molecule has 1 aliphatic heterocycles. The molecule has 1 aliphatic rings. The van der Waals surface area contributed by atoms with Crippen molar-refractivity contribution in [3.05, 3.63) is 41.3 Å². The number of fused-ring (bicyclic) bond motifs is 1. The molecule has 8 nitrogen and oxygen atoms in total. The summed E-state index contributed by atoms with van der Waals surface area (Å²) in [7, 11) is 1.48. The molecule has 0 atom stereocenters. The Balaban J connectivity index is 1.73. The fourth-order valence-electron chi connectivity index (χ4n) is 2.26. The van der Waals surface area contributed by atoms with E-state index < -0.39 is 5.97 Å². The fraction of sp³-hybridized carbons (Fsp3) is 0.250. The van der Waals surface area contributed by atoms with E-state index in [1.165, 1.54) is 19.2 Å². The lowest BCUT2D eigenvalue weighted by molar-refractivity contribution is 0.0660. The number of carbonyl (C=O) groups is 2. The van der Waals surface area contributed by atoms with Crippen LogP contribution in [0.1, 0.15) is 26.7 Å². The molecule has 0 fully saturated rings. The lowest BCUT2D eigenvalue weighted by Crippen LogP contribution is -2.23. The smallest absolute Gasteiger partial charge is 0.371 e. The van der Waals surface area contributed by atoms with Crippen molar-refractivity contribution in [1.29, 1.82) is 0 Å². The number of ether oxygens (including phenoxy) is 3. The zero-order valence-electron chi connectivity index (χ0n) is 12.8. The van der Waals surface area contributed by atoms with Gasteiger partial charge < -0.3 is 29.1 Å². The van der Waals surface area contributed by atoms with E-state index in [2.05, 4.69) is 5.32 Å². The summed E-state index contributed by atoms with van der Waals surface area (Å²) in [5.74, 6) is -0.0638. The molecule has 24 heavy (non-hydrogen) atoms. The van der Waals surface area contributed by atoms with Gasteiger partial charge in [0, 0.05) is 5.56 Å². The van der Waals surface area contributed by atoms with Crippen molar-refractivity contribution in [1.82, 2.24) is 5.32 Å². The Bertz CT molecular complexity index is 763. The van der Waals surface area contributed by atoms with Crippen molar-refractivity contribution in [2.24, 2.45) is 0 Å². The lowest BCUT2D eigenvalue weighted by atomic mass is 10.1. The molecule has 126 valence electrons. The molecule has 1 amide bonds. The Morgan fingerprint density at radius 2 is 2.04 bits per heavy atom. The van der Waals surface area contributed by atoms with Crippen LogP contribution in [0.25, 0.3) is 0 Å². The fourth-order valence-corrected chi connectivity index (χ4v) is 2.26. The highest BCUT2D eigenvalue weighted by Gasteiger charge is 2.21. The van der Waals surface area contributed by atoms with E-state index in [4.69, 9.17) is 23.7 Å². The maximum absolute atomic E-state index is 12.3. The largest absolute Gasteiger partial charge is 0.493 e. The van der Waals surface area contributed by atoms with Crippen LogP contribution >= 0.6 is 0 Å². The van der Waals surface area contributed by atoms with E-state index in [1.54, 1.807) is 12.1 Å². The van der Waals surface area contributed by atoms with E-state index in [0.29, 0.717) is 41.8 Å². The van der Waals surface area contributed by atoms with Gasteiger partial charge in [-0.05, 0) is 24.3 Å². The molecule has 0 aliphatic carbocycles. The van der Waals surface area contributed by atoms with E-state index in [-0.39, 0.29) is 18.2 Å². The molecular formula is C16H15NO7. The summed E-state index contributed by atoms with van der Waals surface area (Å²) in [5, 5.41) is 11.5. The minimum absolute atomic E-state index is 0.0584. The van der Waals surface area contributed by atoms with Gasteiger partial charge in [0.2, 0.25) is 11.5 Å². The molecule has 0 saturated carbocycles. The monoisotopic (exact) mass is 333 g/mol. The summed E-state index contributed by atoms with van der Waals surface area (Å²) in [6.45, 7) is 0.869. The van der Waals surface area contributed by atoms with E-state index in [9.17, 15) is 9.59 Å². The number of rotatable bonds is 5. The van der Waals surface area contributed by atoms with Crippen LogP contribution in [0.4, 0.5) is 0 Å². The molecule has 1 aromatic carbocycles. The van der Waals surface area contributed by atoms with Crippen molar-refractivity contribution >= 4 is 11.9 Å². The first-order valence-corrected chi connectivity index (χ1v) is 7.16. The van der Waals surface area contributed by atoms with Gasteiger partial charge in [-0.2, -0.15) is 0 Å². The maximum Gasteiger partial charge on any atom is 0.371 e. The second kappa shape index (κ2) is 6.53. The Hall–Kier alpha value is -3.16. The highest BCUT2D eigenvalue weighted by atomic mass is 16.6. The van der Waals surface area contributed by atoms with E-state index in [1.807, 2.05) is 0 Å². The number of nitrogens with one attached hydrogen (secondary N) is 1. The SMILES string of the molecule is COc1cc(C(=O)NCc2ccc(C(=O)O)o2)cc2c1OCCO2. The molecule has 0 radical (unpaired) electrons. The lowest BCUT2D eigenvalue weighted by Gasteiger charge is -2.21. The van der Waals surface area contributed by atoms with Crippen LogP contribution < -0.4 is 19.5 Å². The number of amides is 1. The topological polar surface area (TPSA) is 107 Å². The summed E-state index contributed by atoms with van der Waals surface area (Å²) in [5.41, 5.74) is 0.334. The van der Waals surface area contributed by atoms with Gasteiger partial charge in [0.25, 0.3) is 5.91 Å². The third-order valence-corrected chi connectivity index (χ3v) is 3.39. The minimum Gasteiger partial charge on any atom is -0.493 e. The molecule has 3 rings (SSSR count). The zero-order valence-corrected chi connectivity index (χ0v) is 12.8. The molecule has 2 heterocycles. The Morgan fingerprint density at radius 1 is 1.25 bits per heavy atom. The zero-order chi connectivity index (χ0) is 17.1. The molecule has 1 aromatic heterocycles. The van der Waals surface area contributed by atoms with Gasteiger partial charge in [-0.1, -0.05) is 0 Å². The number of carboxylic acids is 1. The first-order chi connectivity index (χ1) is 11.6. The minimum atomic E-state index is -1.16. The van der Waals surface area contributed by atoms with Gasteiger partial charge in [-0.15, -0.1) is 0 Å². The van der Waals surface area contributed by atoms with Gasteiger partial charge in [-0.3, -0.25) is 4.79 Å². The van der Waals surface area contributed by atoms with Crippen LogP contribution in [-0.2, 0) is 6.54 Å². The molecule has 0 spiro atoms. The van der Waals surface area contributed by atoms with Crippen LogP contribution in [0.5, 0.6) is 17.2 Å². The highest BCUT2D eigenvalue weighted by Crippen LogP contribution is 2.40. The van der Waals surface area contributed by atoms with Gasteiger partial charge in [0.1, 0.15) is 19.0 Å². The van der Waals surface area contributed by atoms with Crippen molar-refractivity contribution in [2.45, 2.75) is 6.54 Å². The summed E-state index contributed by atoms with van der Waals surface area (Å²) >= 11 is 0.